The predicted octanol–water partition coefficient (Wildman–Crippen LogP) is 1.61. The lowest BCUT2D eigenvalue weighted by Gasteiger charge is -2.18. The molecule has 2 N–H and O–H groups in total. The predicted molar refractivity (Wildman–Crippen MR) is 68.4 cm³/mol. The van der Waals surface area contributed by atoms with Crippen molar-refractivity contribution in [2.75, 3.05) is 26.4 Å². The minimum atomic E-state index is -0.378. The molecule has 0 aromatic rings. The van der Waals surface area contributed by atoms with Crippen LogP contribution >= 0.6 is 0 Å². The van der Waals surface area contributed by atoms with Crippen molar-refractivity contribution < 1.29 is 19.4 Å². The van der Waals surface area contributed by atoms with Gasteiger partial charge in [0.15, 0.2) is 0 Å². The van der Waals surface area contributed by atoms with Crippen molar-refractivity contribution >= 4 is 6.09 Å². The smallest absolute Gasteiger partial charge is 0.407 e. The molecule has 104 valence electrons. The standard InChI is InChI=1S/C13H23NO4/c15-9-11-17-10-8-14-13(16)18-12-6-4-2-1-3-5-7-12/h1-2,12,15H,3-11H2,(H,14,16)/b2-1-. The number of hydrogen-bond acceptors (Lipinski definition) is 4. The van der Waals surface area contributed by atoms with Crippen molar-refractivity contribution in [1.29, 1.82) is 0 Å². The zero-order valence-electron chi connectivity index (χ0n) is 10.8. The molecule has 1 unspecified atom stereocenters. The molecule has 1 aliphatic rings. The van der Waals surface area contributed by atoms with Gasteiger partial charge in [-0.05, 0) is 32.1 Å². The lowest BCUT2D eigenvalue weighted by Crippen LogP contribution is -2.31. The van der Waals surface area contributed by atoms with Gasteiger partial charge in [0.25, 0.3) is 0 Å². The molecule has 0 aromatic heterocycles. The van der Waals surface area contributed by atoms with E-state index in [1.165, 1.54) is 0 Å². The van der Waals surface area contributed by atoms with Crippen molar-refractivity contribution in [3.63, 3.8) is 0 Å². The molecule has 0 aliphatic heterocycles. The summed E-state index contributed by atoms with van der Waals surface area (Å²) in [5, 5.41) is 11.1. The second-order valence-electron chi connectivity index (χ2n) is 4.27. The quantitative estimate of drug-likeness (QED) is 0.560. The summed E-state index contributed by atoms with van der Waals surface area (Å²) in [5.41, 5.74) is 0. The first-order chi connectivity index (χ1) is 8.83. The fourth-order valence-electron chi connectivity index (χ4n) is 1.83. The highest BCUT2D eigenvalue weighted by molar-refractivity contribution is 5.67. The fourth-order valence-corrected chi connectivity index (χ4v) is 1.83. The maximum Gasteiger partial charge on any atom is 0.407 e. The Morgan fingerprint density at radius 3 is 2.94 bits per heavy atom. The first-order valence-electron chi connectivity index (χ1n) is 6.61. The molecule has 1 atom stereocenters. The summed E-state index contributed by atoms with van der Waals surface area (Å²) in [6, 6.07) is 0. The summed E-state index contributed by atoms with van der Waals surface area (Å²) in [6.07, 6.45) is 8.90. The van der Waals surface area contributed by atoms with E-state index >= 15 is 0 Å². The largest absolute Gasteiger partial charge is 0.446 e. The topological polar surface area (TPSA) is 67.8 Å². The molecule has 1 amide bonds. The van der Waals surface area contributed by atoms with E-state index in [9.17, 15) is 4.79 Å². The SMILES string of the molecule is O=C(NCCOCCO)OC1CC/C=C\CCC1. The van der Waals surface area contributed by atoms with Crippen LogP contribution in [-0.2, 0) is 9.47 Å². The van der Waals surface area contributed by atoms with E-state index in [0.29, 0.717) is 19.8 Å². The van der Waals surface area contributed by atoms with Crippen molar-refractivity contribution in [2.45, 2.75) is 38.2 Å². The molecule has 0 spiro atoms. The number of hydrogen-bond donors (Lipinski definition) is 2. The first-order valence-corrected chi connectivity index (χ1v) is 6.61. The Morgan fingerprint density at radius 1 is 1.28 bits per heavy atom. The van der Waals surface area contributed by atoms with Crippen LogP contribution in [0.15, 0.2) is 12.2 Å². The van der Waals surface area contributed by atoms with E-state index in [1.54, 1.807) is 0 Å². The van der Waals surface area contributed by atoms with Crippen LogP contribution in [0.25, 0.3) is 0 Å². The van der Waals surface area contributed by atoms with Crippen molar-refractivity contribution in [3.05, 3.63) is 12.2 Å². The number of ether oxygens (including phenoxy) is 2. The van der Waals surface area contributed by atoms with E-state index in [2.05, 4.69) is 17.5 Å². The number of aliphatic hydroxyl groups excluding tert-OH is 1. The van der Waals surface area contributed by atoms with Gasteiger partial charge in [-0.25, -0.2) is 4.79 Å². The molecule has 0 aromatic carbocycles. The second-order valence-corrected chi connectivity index (χ2v) is 4.27. The highest BCUT2D eigenvalue weighted by Gasteiger charge is 2.14. The summed E-state index contributed by atoms with van der Waals surface area (Å²) in [5.74, 6) is 0. The second kappa shape index (κ2) is 9.91. The Balaban J connectivity index is 2.08. The molecule has 1 rings (SSSR count). The van der Waals surface area contributed by atoms with Crippen LogP contribution in [0.5, 0.6) is 0 Å². The number of rotatable bonds is 6. The lowest BCUT2D eigenvalue weighted by atomic mass is 10.0. The normalized spacial score (nSPS) is 21.7. The molecule has 0 fully saturated rings. The minimum Gasteiger partial charge on any atom is -0.446 e. The molecule has 0 saturated heterocycles. The van der Waals surface area contributed by atoms with Gasteiger partial charge in [0.1, 0.15) is 6.10 Å². The van der Waals surface area contributed by atoms with Crippen LogP contribution in [0.2, 0.25) is 0 Å². The summed E-state index contributed by atoms with van der Waals surface area (Å²) >= 11 is 0. The van der Waals surface area contributed by atoms with Crippen LogP contribution < -0.4 is 5.32 Å². The molecular weight excluding hydrogens is 234 g/mol. The monoisotopic (exact) mass is 257 g/mol. The average Bonchev–Trinajstić information content (AvgIpc) is 2.32. The van der Waals surface area contributed by atoms with Gasteiger partial charge in [0.2, 0.25) is 0 Å². The maximum atomic E-state index is 11.5. The van der Waals surface area contributed by atoms with Crippen molar-refractivity contribution in [2.24, 2.45) is 0 Å². The number of nitrogens with one attached hydrogen (secondary N) is 1. The molecule has 5 nitrogen and oxygen atoms in total. The number of alkyl carbamates (subject to hydrolysis) is 1. The van der Waals surface area contributed by atoms with Crippen LogP contribution in [0.4, 0.5) is 4.79 Å². The highest BCUT2D eigenvalue weighted by Crippen LogP contribution is 2.15. The zero-order chi connectivity index (χ0) is 13.1. The molecule has 18 heavy (non-hydrogen) atoms. The molecule has 0 saturated carbocycles. The Bertz CT molecular complexity index is 255. The highest BCUT2D eigenvalue weighted by atomic mass is 16.6. The van der Waals surface area contributed by atoms with Crippen molar-refractivity contribution in [1.82, 2.24) is 5.32 Å². The Hall–Kier alpha value is -1.07. The molecule has 0 radical (unpaired) electrons. The minimum absolute atomic E-state index is 0.0000380. The Labute approximate surface area is 108 Å². The molecule has 0 bridgehead atoms. The van der Waals surface area contributed by atoms with E-state index in [1.807, 2.05) is 0 Å². The number of aliphatic hydroxyl groups is 1. The van der Waals surface area contributed by atoms with E-state index < -0.39 is 0 Å². The van der Waals surface area contributed by atoms with Crippen LogP contribution in [0.3, 0.4) is 0 Å². The third-order valence-corrected chi connectivity index (χ3v) is 2.74. The molecular formula is C13H23NO4. The van der Waals surface area contributed by atoms with E-state index in [-0.39, 0.29) is 18.8 Å². The van der Waals surface area contributed by atoms with Crippen molar-refractivity contribution in [3.8, 4) is 0 Å². The summed E-state index contributed by atoms with van der Waals surface area (Å²) in [7, 11) is 0. The van der Waals surface area contributed by atoms with E-state index in [4.69, 9.17) is 14.6 Å². The summed E-state index contributed by atoms with van der Waals surface area (Å²) < 4.78 is 10.4. The summed E-state index contributed by atoms with van der Waals surface area (Å²) in [6.45, 7) is 1.10. The zero-order valence-corrected chi connectivity index (χ0v) is 10.8. The third kappa shape index (κ3) is 7.29. The van der Waals surface area contributed by atoms with E-state index in [0.717, 1.165) is 32.1 Å². The van der Waals surface area contributed by atoms with Gasteiger partial charge in [-0.3, -0.25) is 0 Å². The average molecular weight is 257 g/mol. The fraction of sp³-hybridized carbons (Fsp3) is 0.769. The molecule has 5 heteroatoms. The van der Waals surface area contributed by atoms with Gasteiger partial charge < -0.3 is 19.9 Å². The molecule has 1 aliphatic carbocycles. The van der Waals surface area contributed by atoms with Gasteiger partial charge in [-0.15, -0.1) is 0 Å². The first kappa shape index (κ1) is 15.0. The number of carbonyl (C=O) groups is 1. The number of amides is 1. The van der Waals surface area contributed by atoms with Gasteiger partial charge in [0.05, 0.1) is 19.8 Å². The molecule has 0 heterocycles. The Morgan fingerprint density at radius 2 is 2.11 bits per heavy atom. The maximum absolute atomic E-state index is 11.5. The van der Waals surface area contributed by atoms with Crippen LogP contribution in [0, 0.1) is 0 Å². The van der Waals surface area contributed by atoms with Crippen LogP contribution in [0.1, 0.15) is 32.1 Å². The van der Waals surface area contributed by atoms with Crippen LogP contribution in [-0.4, -0.2) is 43.7 Å². The number of allylic oxidation sites excluding steroid dienone is 2. The summed E-state index contributed by atoms with van der Waals surface area (Å²) in [4.78, 5) is 11.5. The van der Waals surface area contributed by atoms with Gasteiger partial charge in [-0.1, -0.05) is 12.2 Å². The lowest BCUT2D eigenvalue weighted by molar-refractivity contribution is 0.0750. The van der Waals surface area contributed by atoms with Gasteiger partial charge in [0, 0.05) is 6.54 Å². The van der Waals surface area contributed by atoms with Gasteiger partial charge >= 0.3 is 6.09 Å². The Kier molecular flexibility index (Phi) is 8.25. The number of carbonyl (C=O) groups excluding carboxylic acids is 1. The van der Waals surface area contributed by atoms with Gasteiger partial charge in [-0.2, -0.15) is 0 Å². The third-order valence-electron chi connectivity index (χ3n) is 2.74.